The van der Waals surface area contributed by atoms with Crippen LogP contribution < -0.4 is 5.32 Å². The SMILES string of the molecule is C=C(/C=C\N=C(C)c1cnc2ccc(F)cn12)NC1CCCN(C(=O)CC(C)c2ccccc2)C1. The zero-order chi connectivity index (χ0) is 24.8. The van der Waals surface area contributed by atoms with Crippen molar-refractivity contribution >= 4 is 17.3 Å². The predicted octanol–water partition coefficient (Wildman–Crippen LogP) is 5.08. The molecule has 2 atom stereocenters. The fraction of sp³-hybridized carbons (Fsp3) is 0.321. The Hall–Kier alpha value is -3.74. The van der Waals surface area contributed by atoms with Gasteiger partial charge in [0.05, 0.1) is 17.6 Å². The van der Waals surface area contributed by atoms with E-state index >= 15 is 0 Å². The van der Waals surface area contributed by atoms with E-state index in [9.17, 15) is 9.18 Å². The van der Waals surface area contributed by atoms with Gasteiger partial charge in [-0.25, -0.2) is 9.37 Å². The van der Waals surface area contributed by atoms with Crippen LogP contribution in [-0.2, 0) is 4.79 Å². The van der Waals surface area contributed by atoms with E-state index in [1.54, 1.807) is 22.9 Å². The molecule has 35 heavy (non-hydrogen) atoms. The highest BCUT2D eigenvalue weighted by Crippen LogP contribution is 2.21. The topological polar surface area (TPSA) is 62.0 Å². The Bertz CT molecular complexity index is 1250. The summed E-state index contributed by atoms with van der Waals surface area (Å²) in [5.41, 5.74) is 4.04. The average molecular weight is 474 g/mol. The lowest BCUT2D eigenvalue weighted by Gasteiger charge is -2.34. The number of aromatic nitrogens is 2. The Balaban J connectivity index is 1.30. The number of nitrogens with zero attached hydrogens (tertiary/aromatic N) is 4. The van der Waals surface area contributed by atoms with Gasteiger partial charge in [0.1, 0.15) is 11.5 Å². The molecule has 0 saturated carbocycles. The summed E-state index contributed by atoms with van der Waals surface area (Å²) in [5, 5.41) is 3.42. The number of halogens is 1. The standard InChI is InChI=1S/C28H32FN5O/c1-20(23-8-5-4-6-9-23)16-28(35)33-15-7-10-25(19-33)32-21(2)13-14-30-22(3)26-17-31-27-12-11-24(29)18-34(26)27/h4-6,8-9,11-14,17-18,20,25,32H,2,7,10,15-16,19H2,1,3H3/b14-13-,30-22?. The van der Waals surface area contributed by atoms with Crippen molar-refractivity contribution in [2.45, 2.75) is 45.1 Å². The zero-order valence-electron chi connectivity index (χ0n) is 20.3. The number of rotatable bonds is 8. The molecule has 1 amide bonds. The molecule has 6 nitrogen and oxygen atoms in total. The van der Waals surface area contributed by atoms with Crippen molar-refractivity contribution in [3.63, 3.8) is 0 Å². The number of carbonyl (C=O) groups is 1. The Labute approximate surface area is 205 Å². The van der Waals surface area contributed by atoms with Gasteiger partial charge < -0.3 is 10.2 Å². The molecule has 1 aliphatic heterocycles. The van der Waals surface area contributed by atoms with Crippen molar-refractivity contribution in [1.29, 1.82) is 0 Å². The van der Waals surface area contributed by atoms with E-state index in [0.29, 0.717) is 24.3 Å². The van der Waals surface area contributed by atoms with E-state index in [1.807, 2.05) is 36.1 Å². The Kier molecular flexibility index (Phi) is 7.75. The third-order valence-corrected chi connectivity index (χ3v) is 6.40. The predicted molar refractivity (Wildman–Crippen MR) is 138 cm³/mol. The van der Waals surface area contributed by atoms with Gasteiger partial charge in [0, 0.05) is 43.6 Å². The lowest BCUT2D eigenvalue weighted by atomic mass is 9.96. The summed E-state index contributed by atoms with van der Waals surface area (Å²) < 4.78 is 15.3. The largest absolute Gasteiger partial charge is 0.381 e. The number of nitrogens with one attached hydrogen (secondary N) is 1. The van der Waals surface area contributed by atoms with Crippen molar-refractivity contribution in [2.75, 3.05) is 13.1 Å². The number of benzene rings is 1. The van der Waals surface area contributed by atoms with Gasteiger partial charge in [-0.15, -0.1) is 0 Å². The van der Waals surface area contributed by atoms with Crippen LogP contribution in [0.4, 0.5) is 4.39 Å². The van der Waals surface area contributed by atoms with Gasteiger partial charge in [-0.3, -0.25) is 14.2 Å². The molecule has 182 valence electrons. The number of amides is 1. The number of aliphatic imine (C=N–C) groups is 1. The zero-order valence-corrected chi connectivity index (χ0v) is 20.3. The van der Waals surface area contributed by atoms with Crippen LogP contribution in [0.5, 0.6) is 0 Å². The molecule has 1 aliphatic rings. The van der Waals surface area contributed by atoms with Gasteiger partial charge in [-0.2, -0.15) is 0 Å². The smallest absolute Gasteiger partial charge is 0.223 e. The molecule has 3 heterocycles. The summed E-state index contributed by atoms with van der Waals surface area (Å²) in [4.78, 5) is 23.6. The number of likely N-dealkylation sites (tertiary alicyclic amines) is 1. The maximum atomic E-state index is 13.6. The van der Waals surface area contributed by atoms with Crippen molar-refractivity contribution in [3.05, 3.63) is 96.5 Å². The summed E-state index contributed by atoms with van der Waals surface area (Å²) in [6.45, 7) is 9.52. The second kappa shape index (κ2) is 11.1. The monoisotopic (exact) mass is 473 g/mol. The summed E-state index contributed by atoms with van der Waals surface area (Å²) in [5.74, 6) is 0.0614. The minimum atomic E-state index is -0.327. The highest BCUT2D eigenvalue weighted by Gasteiger charge is 2.24. The molecular formula is C28H32FN5O. The van der Waals surface area contributed by atoms with Crippen LogP contribution >= 0.6 is 0 Å². The number of piperidine rings is 1. The summed E-state index contributed by atoms with van der Waals surface area (Å²) in [7, 11) is 0. The van der Waals surface area contributed by atoms with Crippen LogP contribution in [-0.4, -0.2) is 45.0 Å². The van der Waals surface area contributed by atoms with E-state index in [2.05, 4.69) is 40.9 Å². The number of pyridine rings is 1. The summed E-state index contributed by atoms with van der Waals surface area (Å²) in [6, 6.07) is 13.3. The van der Waals surface area contributed by atoms with Crippen LogP contribution in [0.15, 0.2) is 84.4 Å². The van der Waals surface area contributed by atoms with E-state index in [1.165, 1.54) is 17.8 Å². The normalized spacial score (nSPS) is 17.6. The lowest BCUT2D eigenvalue weighted by Crippen LogP contribution is -2.47. The maximum absolute atomic E-state index is 13.6. The number of hydrogen-bond donors (Lipinski definition) is 1. The molecule has 0 bridgehead atoms. The fourth-order valence-electron chi connectivity index (χ4n) is 4.45. The maximum Gasteiger partial charge on any atom is 0.223 e. The van der Waals surface area contributed by atoms with Crippen molar-refractivity contribution in [3.8, 4) is 0 Å². The molecule has 1 aromatic carbocycles. The molecule has 1 N–H and O–H groups in total. The van der Waals surface area contributed by atoms with Crippen LogP contribution in [0.3, 0.4) is 0 Å². The van der Waals surface area contributed by atoms with Gasteiger partial charge in [0.2, 0.25) is 5.91 Å². The third-order valence-electron chi connectivity index (χ3n) is 6.40. The number of fused-ring (bicyclic) bond motifs is 1. The Morgan fingerprint density at radius 1 is 1.31 bits per heavy atom. The summed E-state index contributed by atoms with van der Waals surface area (Å²) in [6.07, 6.45) is 9.03. The van der Waals surface area contributed by atoms with Gasteiger partial charge in [-0.05, 0) is 49.5 Å². The van der Waals surface area contributed by atoms with Crippen molar-refractivity contribution in [1.82, 2.24) is 19.6 Å². The second-order valence-corrected chi connectivity index (χ2v) is 9.11. The highest BCUT2D eigenvalue weighted by molar-refractivity contribution is 5.98. The molecule has 1 saturated heterocycles. The number of carbonyl (C=O) groups excluding carboxylic acids is 1. The number of imidazole rings is 1. The Morgan fingerprint density at radius 2 is 2.11 bits per heavy atom. The van der Waals surface area contributed by atoms with Gasteiger partial charge >= 0.3 is 0 Å². The second-order valence-electron chi connectivity index (χ2n) is 9.11. The molecule has 3 aromatic rings. The summed E-state index contributed by atoms with van der Waals surface area (Å²) >= 11 is 0. The first-order chi connectivity index (χ1) is 16.9. The van der Waals surface area contributed by atoms with E-state index in [4.69, 9.17) is 0 Å². The fourth-order valence-corrected chi connectivity index (χ4v) is 4.45. The highest BCUT2D eigenvalue weighted by atomic mass is 19.1. The minimum Gasteiger partial charge on any atom is -0.381 e. The van der Waals surface area contributed by atoms with Crippen LogP contribution in [0.1, 0.15) is 50.3 Å². The van der Waals surface area contributed by atoms with E-state index in [-0.39, 0.29) is 23.7 Å². The number of hydrogen-bond acceptors (Lipinski definition) is 4. The first-order valence-corrected chi connectivity index (χ1v) is 12.0. The van der Waals surface area contributed by atoms with Crippen LogP contribution in [0, 0.1) is 5.82 Å². The molecule has 7 heteroatoms. The van der Waals surface area contributed by atoms with Crippen LogP contribution in [0.2, 0.25) is 0 Å². The molecule has 0 spiro atoms. The average Bonchev–Trinajstić information content (AvgIpc) is 3.27. The Morgan fingerprint density at radius 3 is 2.91 bits per heavy atom. The van der Waals surface area contributed by atoms with E-state index < -0.39 is 0 Å². The quantitative estimate of drug-likeness (QED) is 0.366. The molecule has 2 unspecified atom stereocenters. The lowest BCUT2D eigenvalue weighted by molar-refractivity contribution is -0.132. The van der Waals surface area contributed by atoms with E-state index in [0.717, 1.165) is 30.8 Å². The van der Waals surface area contributed by atoms with Crippen molar-refractivity contribution < 1.29 is 9.18 Å². The van der Waals surface area contributed by atoms with Gasteiger partial charge in [-0.1, -0.05) is 43.8 Å². The molecule has 4 rings (SSSR count). The first-order valence-electron chi connectivity index (χ1n) is 12.0. The first kappa shape index (κ1) is 24.4. The molecule has 0 aliphatic carbocycles. The minimum absolute atomic E-state index is 0.156. The number of allylic oxidation sites excluding steroid dienone is 1. The van der Waals surface area contributed by atoms with Gasteiger partial charge in [0.25, 0.3) is 0 Å². The molecule has 2 aromatic heterocycles. The molecular weight excluding hydrogens is 441 g/mol. The third kappa shape index (κ3) is 6.23. The molecule has 1 fully saturated rings. The molecule has 0 radical (unpaired) electrons. The van der Waals surface area contributed by atoms with Crippen molar-refractivity contribution in [2.24, 2.45) is 4.99 Å². The van der Waals surface area contributed by atoms with Gasteiger partial charge in [0.15, 0.2) is 0 Å². The van der Waals surface area contributed by atoms with Crippen LogP contribution in [0.25, 0.3) is 5.65 Å².